The van der Waals surface area contributed by atoms with E-state index in [1.807, 2.05) is 13.8 Å². The van der Waals surface area contributed by atoms with Gasteiger partial charge in [-0.1, -0.05) is 0 Å². The number of hydrogen-bond donors (Lipinski definition) is 0. The molecule has 0 N–H and O–H groups in total. The van der Waals surface area contributed by atoms with Crippen molar-refractivity contribution in [3.05, 3.63) is 18.1 Å². The molecule has 0 spiro atoms. The van der Waals surface area contributed by atoms with Gasteiger partial charge in [0.05, 0.1) is 0 Å². The Labute approximate surface area is 159 Å². The van der Waals surface area contributed by atoms with Crippen LogP contribution in [0.1, 0.15) is 85.2 Å². The van der Waals surface area contributed by atoms with Gasteiger partial charge in [-0.15, -0.1) is 0 Å². The summed E-state index contributed by atoms with van der Waals surface area (Å²) in [5.41, 5.74) is 0. The van der Waals surface area contributed by atoms with Crippen LogP contribution in [0.4, 0.5) is 0 Å². The molecular weight excluding hydrogens is 419 g/mol. The van der Waals surface area contributed by atoms with Crippen molar-refractivity contribution in [2.75, 3.05) is 13.2 Å². The fourth-order valence-corrected chi connectivity index (χ4v) is 19.2. The predicted molar refractivity (Wildman–Crippen MR) is 109 cm³/mol. The van der Waals surface area contributed by atoms with Gasteiger partial charge < -0.3 is 0 Å². The van der Waals surface area contributed by atoms with Crippen molar-refractivity contribution in [1.82, 2.24) is 0 Å². The molecule has 0 amide bonds. The Bertz CT molecular complexity index is 416. The third-order valence-electron chi connectivity index (χ3n) is 5.13. The SMILES string of the molecule is CCC[CH2][Sn]([CH2]CCC)([CH2]CCC)[c]1coc(C(OCC)OCC)c1. The summed E-state index contributed by atoms with van der Waals surface area (Å²) in [6.07, 6.45) is 9.69. The zero-order valence-electron chi connectivity index (χ0n) is 17.2. The number of unbranched alkanes of at least 4 members (excludes halogenated alkanes) is 3. The molecule has 1 rings (SSSR count). The fourth-order valence-electron chi connectivity index (χ4n) is 3.62. The number of hydrogen-bond acceptors (Lipinski definition) is 3. The summed E-state index contributed by atoms with van der Waals surface area (Å²) in [6.45, 7) is 12.2. The maximum absolute atomic E-state index is 5.98. The van der Waals surface area contributed by atoms with Crippen molar-refractivity contribution in [1.29, 1.82) is 0 Å². The summed E-state index contributed by atoms with van der Waals surface area (Å²) >= 11 is -2.41. The van der Waals surface area contributed by atoms with Crippen molar-refractivity contribution in [3.63, 3.8) is 0 Å². The second-order valence-corrected chi connectivity index (χ2v) is 20.3. The van der Waals surface area contributed by atoms with E-state index in [1.54, 1.807) is 3.58 Å². The molecule has 0 radical (unpaired) electrons. The molecule has 0 saturated heterocycles. The minimum atomic E-state index is -2.41. The molecule has 0 saturated carbocycles. The molecule has 0 aliphatic rings. The van der Waals surface area contributed by atoms with Crippen LogP contribution >= 0.6 is 0 Å². The Hall–Kier alpha value is -0.00130. The van der Waals surface area contributed by atoms with Crippen LogP contribution in [0.2, 0.25) is 13.3 Å². The first-order chi connectivity index (χ1) is 12.2. The summed E-state index contributed by atoms with van der Waals surface area (Å²) in [7, 11) is 0. The molecule has 25 heavy (non-hydrogen) atoms. The van der Waals surface area contributed by atoms with E-state index in [0.717, 1.165) is 5.76 Å². The second kappa shape index (κ2) is 13.2. The monoisotopic (exact) mass is 460 g/mol. The average molecular weight is 459 g/mol. The molecule has 1 heterocycles. The van der Waals surface area contributed by atoms with Gasteiger partial charge in [0.15, 0.2) is 0 Å². The molecular formula is C21H40O3Sn. The Kier molecular flexibility index (Phi) is 12.2. The normalized spacial score (nSPS) is 12.2. The van der Waals surface area contributed by atoms with Gasteiger partial charge in [0, 0.05) is 0 Å². The molecule has 0 atom stereocenters. The van der Waals surface area contributed by atoms with E-state index in [4.69, 9.17) is 13.9 Å². The van der Waals surface area contributed by atoms with Crippen molar-refractivity contribution in [2.24, 2.45) is 0 Å². The number of ether oxygens (including phenoxy) is 2. The zero-order chi connectivity index (χ0) is 18.5. The van der Waals surface area contributed by atoms with Gasteiger partial charge in [-0.25, -0.2) is 0 Å². The van der Waals surface area contributed by atoms with Crippen molar-refractivity contribution in [3.8, 4) is 0 Å². The van der Waals surface area contributed by atoms with E-state index in [1.165, 1.54) is 51.8 Å². The average Bonchev–Trinajstić information content (AvgIpc) is 3.12. The molecule has 0 aliphatic carbocycles. The van der Waals surface area contributed by atoms with E-state index in [0.29, 0.717) is 13.2 Å². The van der Waals surface area contributed by atoms with E-state index in [2.05, 4.69) is 33.1 Å². The van der Waals surface area contributed by atoms with Crippen LogP contribution < -0.4 is 3.58 Å². The zero-order valence-corrected chi connectivity index (χ0v) is 20.1. The molecule has 4 heteroatoms. The van der Waals surface area contributed by atoms with E-state index < -0.39 is 18.4 Å². The van der Waals surface area contributed by atoms with Crippen LogP contribution in [0.15, 0.2) is 16.7 Å². The van der Waals surface area contributed by atoms with Crippen molar-refractivity contribution in [2.45, 2.75) is 92.7 Å². The number of rotatable bonds is 15. The quantitative estimate of drug-likeness (QED) is 0.225. The molecule has 0 bridgehead atoms. The second-order valence-electron chi connectivity index (χ2n) is 7.07. The molecule has 3 nitrogen and oxygen atoms in total. The van der Waals surface area contributed by atoms with E-state index in [9.17, 15) is 0 Å². The first-order valence-corrected chi connectivity index (χ1v) is 18.0. The van der Waals surface area contributed by atoms with E-state index in [-0.39, 0.29) is 6.29 Å². The van der Waals surface area contributed by atoms with Gasteiger partial charge in [-0.3, -0.25) is 0 Å². The first kappa shape index (κ1) is 23.0. The summed E-state index contributed by atoms with van der Waals surface area (Å²) in [5.74, 6) is 0.865. The molecule has 0 aromatic carbocycles. The van der Waals surface area contributed by atoms with Crippen molar-refractivity contribution < 1.29 is 13.9 Å². The van der Waals surface area contributed by atoms with Crippen LogP contribution in [-0.2, 0) is 9.47 Å². The third kappa shape index (κ3) is 7.26. The molecule has 1 aromatic rings. The predicted octanol–water partition coefficient (Wildman–Crippen LogP) is 6.41. The van der Waals surface area contributed by atoms with Crippen LogP contribution in [0.25, 0.3) is 0 Å². The maximum atomic E-state index is 5.98. The number of furan rings is 1. The summed E-state index contributed by atoms with van der Waals surface area (Å²) in [6, 6.07) is 2.30. The Morgan fingerprint density at radius 2 is 1.32 bits per heavy atom. The van der Waals surface area contributed by atoms with Gasteiger partial charge in [0.2, 0.25) is 0 Å². The first-order valence-electron chi connectivity index (χ1n) is 10.5. The van der Waals surface area contributed by atoms with Gasteiger partial charge in [-0.2, -0.15) is 0 Å². The molecule has 146 valence electrons. The van der Waals surface area contributed by atoms with Crippen LogP contribution in [0.5, 0.6) is 0 Å². The van der Waals surface area contributed by atoms with E-state index >= 15 is 0 Å². The van der Waals surface area contributed by atoms with Gasteiger partial charge in [-0.05, 0) is 0 Å². The van der Waals surface area contributed by atoms with Gasteiger partial charge in [0.25, 0.3) is 0 Å². The Morgan fingerprint density at radius 1 is 0.840 bits per heavy atom. The topological polar surface area (TPSA) is 31.6 Å². The summed E-state index contributed by atoms with van der Waals surface area (Å²) in [4.78, 5) is 0. The standard InChI is InChI=1S/C9H13O3.3C4H9.Sn/c1-3-10-9(11-4-2)8-6-5-7-12-8;3*1-3-4-2;/h6-7,9H,3-4H2,1-2H3;3*1,3-4H2,2H3;. The molecule has 0 aliphatic heterocycles. The minimum absolute atomic E-state index is 0.351. The summed E-state index contributed by atoms with van der Waals surface area (Å²) < 4.78 is 23.4. The van der Waals surface area contributed by atoms with Gasteiger partial charge >= 0.3 is 160 Å². The third-order valence-corrected chi connectivity index (χ3v) is 20.6. The summed E-state index contributed by atoms with van der Waals surface area (Å²) in [5, 5.41) is 0. The van der Waals surface area contributed by atoms with Gasteiger partial charge in [0.1, 0.15) is 0 Å². The Balaban J connectivity index is 3.09. The molecule has 1 aromatic heterocycles. The van der Waals surface area contributed by atoms with Crippen LogP contribution in [0, 0.1) is 0 Å². The van der Waals surface area contributed by atoms with Crippen LogP contribution in [-0.4, -0.2) is 31.6 Å². The van der Waals surface area contributed by atoms with Crippen LogP contribution in [0.3, 0.4) is 0 Å². The van der Waals surface area contributed by atoms with Crippen molar-refractivity contribution >= 4 is 22.0 Å². The Morgan fingerprint density at radius 3 is 1.72 bits per heavy atom. The fraction of sp³-hybridized carbons (Fsp3) is 0.810. The molecule has 0 fully saturated rings. The molecule has 0 unspecified atom stereocenters.